The van der Waals surface area contributed by atoms with Crippen molar-refractivity contribution < 1.29 is 14.0 Å². The highest BCUT2D eigenvalue weighted by Crippen LogP contribution is 2.48. The molecule has 1 aliphatic carbocycles. The van der Waals surface area contributed by atoms with Crippen LogP contribution in [-0.2, 0) is 9.59 Å². The minimum absolute atomic E-state index is 0.00846. The minimum atomic E-state index is -0.746. The summed E-state index contributed by atoms with van der Waals surface area (Å²) in [5.74, 6) is -0.0666. The maximum atomic E-state index is 14.2. The molecule has 1 aromatic carbocycles. The lowest BCUT2D eigenvalue weighted by molar-refractivity contribution is -0.141. The third kappa shape index (κ3) is 2.91. The Kier molecular flexibility index (Phi) is 4.56. The average molecular weight is 411 g/mol. The summed E-state index contributed by atoms with van der Waals surface area (Å²) in [5.41, 5.74) is 6.76. The molecule has 3 heterocycles. The van der Waals surface area contributed by atoms with Crippen LogP contribution in [0.15, 0.2) is 24.3 Å². The van der Waals surface area contributed by atoms with Gasteiger partial charge in [0, 0.05) is 30.7 Å². The van der Waals surface area contributed by atoms with Gasteiger partial charge in [-0.15, -0.1) is 0 Å². The van der Waals surface area contributed by atoms with Crippen molar-refractivity contribution in [1.29, 1.82) is 5.26 Å². The van der Waals surface area contributed by atoms with Gasteiger partial charge in [0.25, 0.3) is 0 Å². The quantitative estimate of drug-likeness (QED) is 0.781. The lowest BCUT2D eigenvalue weighted by Gasteiger charge is -2.38. The topological polar surface area (TPSA) is 93.7 Å². The Morgan fingerprint density at radius 3 is 2.80 bits per heavy atom. The first-order valence-electron chi connectivity index (χ1n) is 10.7. The number of benzene rings is 1. The lowest BCUT2D eigenvalue weighted by Crippen LogP contribution is -2.57. The number of carbonyl (C=O) groups excluding carboxylic acids is 2. The second-order valence-electron chi connectivity index (χ2n) is 9.10. The zero-order chi connectivity index (χ0) is 21.2. The number of hydrogen-bond donors (Lipinski definition) is 1. The van der Waals surface area contributed by atoms with E-state index in [0.717, 1.165) is 12.8 Å². The average Bonchev–Trinajstić information content (AvgIpc) is 3.07. The molecule has 30 heavy (non-hydrogen) atoms. The molecule has 3 aliphatic heterocycles. The Balaban J connectivity index is 1.24. The van der Waals surface area contributed by atoms with Gasteiger partial charge in [0.1, 0.15) is 11.9 Å². The number of fused-ring (bicyclic) bond motifs is 3. The molecule has 0 aromatic heterocycles. The summed E-state index contributed by atoms with van der Waals surface area (Å²) in [6, 6.07) is 7.17. The number of carbonyl (C=O) groups is 2. The van der Waals surface area contributed by atoms with Gasteiger partial charge in [0.2, 0.25) is 11.8 Å². The fourth-order valence-electron chi connectivity index (χ4n) is 5.77. The van der Waals surface area contributed by atoms with Gasteiger partial charge in [-0.05, 0) is 38.2 Å². The van der Waals surface area contributed by atoms with Crippen LogP contribution >= 0.6 is 0 Å². The largest absolute Gasteiger partial charge is 0.330 e. The van der Waals surface area contributed by atoms with Gasteiger partial charge in [0.15, 0.2) is 0 Å². The van der Waals surface area contributed by atoms with Gasteiger partial charge in [0.05, 0.1) is 24.2 Å². The van der Waals surface area contributed by atoms with Crippen LogP contribution in [0.5, 0.6) is 0 Å². The zero-order valence-electron chi connectivity index (χ0n) is 16.9. The van der Waals surface area contributed by atoms with Crippen molar-refractivity contribution in [1.82, 2.24) is 14.7 Å². The fourth-order valence-corrected chi connectivity index (χ4v) is 5.77. The van der Waals surface area contributed by atoms with Crippen LogP contribution in [0.1, 0.15) is 37.8 Å². The Morgan fingerprint density at radius 2 is 2.10 bits per heavy atom. The maximum absolute atomic E-state index is 14.2. The van der Waals surface area contributed by atoms with E-state index in [-0.39, 0.29) is 47.8 Å². The molecule has 1 aromatic rings. The Morgan fingerprint density at radius 1 is 1.33 bits per heavy atom. The summed E-state index contributed by atoms with van der Waals surface area (Å²) in [5, 5.41) is 9.33. The summed E-state index contributed by atoms with van der Waals surface area (Å²) in [6.07, 6.45) is 2.38. The SMILES string of the molecule is C[C@H](c1ccccc1F)N1C(=O)[C@H]2C[C@H]1CN2C[C@H](N)C(=O)N1[C@H](C#N)C[C@@H]2C[C@@H]21. The number of nitriles is 1. The third-order valence-electron chi connectivity index (χ3n) is 7.34. The van der Waals surface area contributed by atoms with Gasteiger partial charge in [-0.2, -0.15) is 5.26 Å². The fraction of sp³-hybridized carbons (Fsp3) is 0.591. The molecule has 0 unspecified atom stereocenters. The molecule has 4 aliphatic rings. The van der Waals surface area contributed by atoms with Crippen molar-refractivity contribution in [3.63, 3.8) is 0 Å². The zero-order valence-corrected chi connectivity index (χ0v) is 16.9. The maximum Gasteiger partial charge on any atom is 0.242 e. The number of halogens is 1. The van der Waals surface area contributed by atoms with E-state index in [1.54, 1.807) is 28.0 Å². The van der Waals surface area contributed by atoms with Crippen LogP contribution in [0.2, 0.25) is 0 Å². The van der Waals surface area contributed by atoms with Crippen molar-refractivity contribution in [2.45, 2.75) is 62.4 Å². The molecule has 8 heteroatoms. The van der Waals surface area contributed by atoms with Crippen LogP contribution in [0.4, 0.5) is 4.39 Å². The van der Waals surface area contributed by atoms with Crippen LogP contribution in [0.3, 0.4) is 0 Å². The number of nitrogens with zero attached hydrogens (tertiary/aromatic N) is 4. The number of piperidine rings is 1. The molecule has 0 radical (unpaired) electrons. The first-order chi connectivity index (χ1) is 14.4. The Hall–Kier alpha value is -2.50. The van der Waals surface area contributed by atoms with Crippen LogP contribution < -0.4 is 5.73 Å². The highest BCUT2D eigenvalue weighted by molar-refractivity contribution is 5.87. The first kappa shape index (κ1) is 19.5. The van der Waals surface area contributed by atoms with Crippen molar-refractivity contribution in [2.24, 2.45) is 11.7 Å². The van der Waals surface area contributed by atoms with Crippen molar-refractivity contribution in [3.05, 3.63) is 35.6 Å². The number of amides is 2. The van der Waals surface area contributed by atoms with Crippen molar-refractivity contribution in [2.75, 3.05) is 13.1 Å². The standard InChI is InChI=1S/C22H26FN5O2/c1-12(16-4-2-3-5-17(16)23)27-15-8-20(22(27)30)26(10-15)11-18(25)21(29)28-14(9-24)6-13-7-19(13)28/h2-5,12-15,18-20H,6-8,10-11,25H2,1H3/t12-,13-,14+,15+,18+,19+,20-/m1/s1. The molecule has 2 N–H and O–H groups in total. The molecule has 7 nitrogen and oxygen atoms in total. The summed E-state index contributed by atoms with van der Waals surface area (Å²) in [4.78, 5) is 31.4. The first-order valence-corrected chi connectivity index (χ1v) is 10.7. The van der Waals surface area contributed by atoms with Gasteiger partial charge >= 0.3 is 0 Å². The Bertz CT molecular complexity index is 932. The molecule has 7 atom stereocenters. The number of piperazine rings is 1. The van der Waals surface area contributed by atoms with Gasteiger partial charge in [-0.3, -0.25) is 14.5 Å². The second-order valence-corrected chi connectivity index (χ2v) is 9.10. The van der Waals surface area contributed by atoms with E-state index in [9.17, 15) is 19.2 Å². The van der Waals surface area contributed by atoms with E-state index in [0.29, 0.717) is 31.0 Å². The molecule has 5 rings (SSSR count). The van der Waals surface area contributed by atoms with E-state index >= 15 is 0 Å². The smallest absolute Gasteiger partial charge is 0.242 e. The van der Waals surface area contributed by atoms with E-state index in [2.05, 4.69) is 6.07 Å². The van der Waals surface area contributed by atoms with E-state index in [4.69, 9.17) is 5.73 Å². The lowest BCUT2D eigenvalue weighted by atomic mass is 10.0. The molecule has 4 fully saturated rings. The van der Waals surface area contributed by atoms with Gasteiger partial charge in [-0.1, -0.05) is 18.2 Å². The van der Waals surface area contributed by atoms with Gasteiger partial charge in [-0.25, -0.2) is 4.39 Å². The van der Waals surface area contributed by atoms with Crippen LogP contribution in [-0.4, -0.2) is 69.8 Å². The number of nitrogens with two attached hydrogens (primary N) is 1. The number of hydrogen-bond acceptors (Lipinski definition) is 5. The molecule has 2 bridgehead atoms. The predicted molar refractivity (Wildman–Crippen MR) is 106 cm³/mol. The van der Waals surface area contributed by atoms with E-state index in [1.165, 1.54) is 6.07 Å². The summed E-state index contributed by atoms with van der Waals surface area (Å²) < 4.78 is 14.2. The van der Waals surface area contributed by atoms with Crippen LogP contribution in [0.25, 0.3) is 0 Å². The second kappa shape index (κ2) is 7.03. The van der Waals surface area contributed by atoms with E-state index in [1.807, 2.05) is 11.8 Å². The normalized spacial score (nSPS) is 34.1. The highest BCUT2D eigenvalue weighted by atomic mass is 19.1. The number of rotatable bonds is 5. The molecule has 2 amide bonds. The van der Waals surface area contributed by atoms with E-state index < -0.39 is 6.04 Å². The summed E-state index contributed by atoms with van der Waals surface area (Å²) in [7, 11) is 0. The summed E-state index contributed by atoms with van der Waals surface area (Å²) >= 11 is 0. The monoisotopic (exact) mass is 411 g/mol. The minimum Gasteiger partial charge on any atom is -0.330 e. The summed E-state index contributed by atoms with van der Waals surface area (Å²) in [6.45, 7) is 2.79. The van der Waals surface area contributed by atoms with Crippen LogP contribution in [0, 0.1) is 23.1 Å². The predicted octanol–water partition coefficient (Wildman–Crippen LogP) is 1.01. The van der Waals surface area contributed by atoms with Crippen molar-refractivity contribution >= 4 is 11.8 Å². The number of likely N-dealkylation sites (tertiary alicyclic amines) is 3. The van der Waals surface area contributed by atoms with Crippen molar-refractivity contribution in [3.8, 4) is 6.07 Å². The molecule has 1 saturated carbocycles. The molecule has 158 valence electrons. The highest BCUT2D eigenvalue weighted by Gasteiger charge is 2.56. The van der Waals surface area contributed by atoms with Gasteiger partial charge < -0.3 is 15.5 Å². The Labute approximate surface area is 175 Å². The molecular formula is C22H26FN5O2. The third-order valence-corrected chi connectivity index (χ3v) is 7.34. The molecule has 0 spiro atoms. The molecular weight excluding hydrogens is 385 g/mol. The molecule has 3 saturated heterocycles.